The molecular weight excluding hydrogens is 545 g/mol. The summed E-state index contributed by atoms with van der Waals surface area (Å²) in [5, 5.41) is 3.40. The van der Waals surface area contributed by atoms with E-state index in [1.165, 1.54) is 17.0 Å². The lowest BCUT2D eigenvalue weighted by molar-refractivity contribution is -0.139. The molecule has 3 rings (SSSR count). The Kier molecular flexibility index (Phi) is 9.82. The quantitative estimate of drug-likeness (QED) is 0.352. The lowest BCUT2D eigenvalue weighted by atomic mass is 10.1. The van der Waals surface area contributed by atoms with Gasteiger partial charge in [0.05, 0.1) is 20.6 Å². The molecule has 0 heterocycles. The zero-order valence-corrected chi connectivity index (χ0v) is 24.1. The number of nitrogens with zero attached hydrogens (tertiary/aromatic N) is 2. The van der Waals surface area contributed by atoms with Gasteiger partial charge >= 0.3 is 0 Å². The number of amides is 2. The highest BCUT2D eigenvalue weighted by Gasteiger charge is 2.33. The highest BCUT2D eigenvalue weighted by molar-refractivity contribution is 7.92. The molecule has 0 aliphatic rings. The van der Waals surface area contributed by atoms with Crippen LogP contribution in [0.5, 0.6) is 0 Å². The number of aryl methyl sites for hydroxylation is 2. The van der Waals surface area contributed by atoms with Gasteiger partial charge in [0.2, 0.25) is 11.8 Å². The van der Waals surface area contributed by atoms with Crippen LogP contribution in [-0.2, 0) is 26.2 Å². The number of sulfonamides is 1. The van der Waals surface area contributed by atoms with E-state index in [-0.39, 0.29) is 17.3 Å². The van der Waals surface area contributed by atoms with Crippen LogP contribution in [0, 0.1) is 13.8 Å². The topological polar surface area (TPSA) is 86.8 Å². The fraction of sp³-hybridized carbons (Fsp3) is 0.286. The molecule has 2 amide bonds. The van der Waals surface area contributed by atoms with Gasteiger partial charge in [-0.05, 0) is 69.2 Å². The number of carbonyl (C=O) groups is 2. The van der Waals surface area contributed by atoms with E-state index < -0.39 is 28.5 Å². The monoisotopic (exact) mass is 575 g/mol. The van der Waals surface area contributed by atoms with Crippen LogP contribution in [0.1, 0.15) is 30.5 Å². The molecule has 1 N–H and O–H groups in total. The first-order valence-corrected chi connectivity index (χ1v) is 14.3. The normalized spacial score (nSPS) is 12.1. The van der Waals surface area contributed by atoms with Crippen LogP contribution in [0.3, 0.4) is 0 Å². The first-order valence-electron chi connectivity index (χ1n) is 12.1. The number of nitrogens with one attached hydrogen (secondary N) is 1. The lowest BCUT2D eigenvalue weighted by Gasteiger charge is -2.32. The predicted molar refractivity (Wildman–Crippen MR) is 152 cm³/mol. The molecule has 0 radical (unpaired) electrons. The number of halogens is 2. The van der Waals surface area contributed by atoms with Crippen LogP contribution in [0.25, 0.3) is 0 Å². The Morgan fingerprint density at radius 2 is 1.63 bits per heavy atom. The van der Waals surface area contributed by atoms with Crippen molar-refractivity contribution >= 4 is 50.7 Å². The minimum atomic E-state index is -4.11. The van der Waals surface area contributed by atoms with Crippen molar-refractivity contribution < 1.29 is 18.0 Å². The summed E-state index contributed by atoms with van der Waals surface area (Å²) in [4.78, 5) is 28.1. The van der Waals surface area contributed by atoms with E-state index in [1.807, 2.05) is 13.0 Å². The van der Waals surface area contributed by atoms with E-state index >= 15 is 0 Å². The zero-order chi connectivity index (χ0) is 28.0. The van der Waals surface area contributed by atoms with Crippen LogP contribution < -0.4 is 9.62 Å². The molecule has 1 atom stereocenters. The van der Waals surface area contributed by atoms with E-state index in [2.05, 4.69) is 5.32 Å². The van der Waals surface area contributed by atoms with Crippen LogP contribution >= 0.6 is 23.2 Å². The second-order valence-corrected chi connectivity index (χ2v) is 11.6. The summed E-state index contributed by atoms with van der Waals surface area (Å²) in [6, 6.07) is 17.4. The molecule has 0 aliphatic carbocycles. The Morgan fingerprint density at radius 3 is 2.24 bits per heavy atom. The first kappa shape index (κ1) is 29.5. The standard InChI is InChI=1S/C28H31Cl2N3O4S/c1-5-31-28(35)21(4)32(17-22-12-13-24(29)25(30)16-22)27(34)18-33(26-14-11-19(2)15-20(26)3)38(36,37)23-9-7-6-8-10-23/h6-16,21H,5,17-18H2,1-4H3,(H,31,35). The second kappa shape index (κ2) is 12.7. The smallest absolute Gasteiger partial charge is 0.264 e. The fourth-order valence-corrected chi connectivity index (χ4v) is 5.88. The molecule has 0 fully saturated rings. The summed E-state index contributed by atoms with van der Waals surface area (Å²) < 4.78 is 28.7. The number of likely N-dealkylation sites (N-methyl/N-ethyl adjacent to an activating group) is 1. The minimum Gasteiger partial charge on any atom is -0.355 e. The molecule has 0 aliphatic heterocycles. The number of hydrogen-bond donors (Lipinski definition) is 1. The van der Waals surface area contributed by atoms with Crippen LogP contribution in [0.15, 0.2) is 71.6 Å². The number of benzene rings is 3. The highest BCUT2D eigenvalue weighted by Crippen LogP contribution is 2.29. The van der Waals surface area contributed by atoms with Crippen molar-refractivity contribution in [3.63, 3.8) is 0 Å². The Hall–Kier alpha value is -3.07. The fourth-order valence-electron chi connectivity index (χ4n) is 4.06. The molecule has 3 aromatic rings. The summed E-state index contributed by atoms with van der Waals surface area (Å²) >= 11 is 12.2. The highest BCUT2D eigenvalue weighted by atomic mass is 35.5. The summed E-state index contributed by atoms with van der Waals surface area (Å²) in [6.07, 6.45) is 0. The maximum atomic E-state index is 13.9. The Morgan fingerprint density at radius 1 is 0.947 bits per heavy atom. The van der Waals surface area contributed by atoms with Gasteiger partial charge in [0.1, 0.15) is 12.6 Å². The Bertz CT molecular complexity index is 1410. The largest absolute Gasteiger partial charge is 0.355 e. The maximum absolute atomic E-state index is 13.9. The van der Waals surface area contributed by atoms with Gasteiger partial charge < -0.3 is 10.2 Å². The van der Waals surface area contributed by atoms with Crippen LogP contribution in [-0.4, -0.2) is 44.3 Å². The van der Waals surface area contributed by atoms with Gasteiger partial charge in [-0.1, -0.05) is 65.2 Å². The molecule has 38 heavy (non-hydrogen) atoms. The van der Waals surface area contributed by atoms with Gasteiger partial charge in [-0.25, -0.2) is 8.42 Å². The summed E-state index contributed by atoms with van der Waals surface area (Å²) in [5.41, 5.74) is 2.69. The SMILES string of the molecule is CCNC(=O)C(C)N(Cc1ccc(Cl)c(Cl)c1)C(=O)CN(c1ccc(C)cc1C)S(=O)(=O)c1ccccc1. The van der Waals surface area contributed by atoms with Crippen molar-refractivity contribution in [2.24, 2.45) is 0 Å². The van der Waals surface area contributed by atoms with E-state index in [0.29, 0.717) is 33.4 Å². The maximum Gasteiger partial charge on any atom is 0.264 e. The van der Waals surface area contributed by atoms with Crippen molar-refractivity contribution in [3.8, 4) is 0 Å². The third kappa shape index (κ3) is 6.87. The molecule has 0 aromatic heterocycles. The molecule has 202 valence electrons. The van der Waals surface area contributed by atoms with Crippen molar-refractivity contribution in [1.82, 2.24) is 10.2 Å². The molecule has 0 spiro atoms. The number of carbonyl (C=O) groups excluding carboxylic acids is 2. The second-order valence-electron chi connectivity index (χ2n) is 8.96. The van der Waals surface area contributed by atoms with E-state index in [0.717, 1.165) is 9.87 Å². The third-order valence-corrected chi connectivity index (χ3v) is 8.60. The number of rotatable bonds is 10. The van der Waals surface area contributed by atoms with Gasteiger partial charge in [0.25, 0.3) is 10.0 Å². The van der Waals surface area contributed by atoms with Crippen LogP contribution in [0.4, 0.5) is 5.69 Å². The molecule has 0 saturated heterocycles. The molecule has 0 bridgehead atoms. The number of anilines is 1. The van der Waals surface area contributed by atoms with Crippen LogP contribution in [0.2, 0.25) is 10.0 Å². The van der Waals surface area contributed by atoms with E-state index in [4.69, 9.17) is 23.2 Å². The van der Waals surface area contributed by atoms with Gasteiger partial charge in [-0.3, -0.25) is 13.9 Å². The molecule has 10 heteroatoms. The average Bonchev–Trinajstić information content (AvgIpc) is 2.88. The summed E-state index contributed by atoms with van der Waals surface area (Å²) in [7, 11) is -4.11. The molecule has 0 saturated carbocycles. The van der Waals surface area contributed by atoms with Crippen molar-refractivity contribution in [2.75, 3.05) is 17.4 Å². The lowest BCUT2D eigenvalue weighted by Crippen LogP contribution is -2.51. The summed E-state index contributed by atoms with van der Waals surface area (Å²) in [6.45, 7) is 7.00. The summed E-state index contributed by atoms with van der Waals surface area (Å²) in [5.74, 6) is -0.904. The van der Waals surface area contributed by atoms with Crippen molar-refractivity contribution in [3.05, 3.63) is 93.5 Å². The van der Waals surface area contributed by atoms with Gasteiger partial charge in [0.15, 0.2) is 0 Å². The van der Waals surface area contributed by atoms with E-state index in [1.54, 1.807) is 69.3 Å². The average molecular weight is 577 g/mol. The molecular formula is C28H31Cl2N3O4S. The van der Waals surface area contributed by atoms with Gasteiger partial charge in [-0.2, -0.15) is 0 Å². The minimum absolute atomic E-state index is 0.0279. The van der Waals surface area contributed by atoms with Crippen molar-refractivity contribution in [1.29, 1.82) is 0 Å². The third-order valence-electron chi connectivity index (χ3n) is 6.09. The Labute approximate surface area is 234 Å². The molecule has 1 unspecified atom stereocenters. The van der Waals surface area contributed by atoms with Crippen molar-refractivity contribution in [2.45, 2.75) is 45.2 Å². The molecule has 3 aromatic carbocycles. The van der Waals surface area contributed by atoms with Gasteiger partial charge in [0, 0.05) is 13.1 Å². The first-order chi connectivity index (χ1) is 17.9. The Balaban J connectivity index is 2.06. The predicted octanol–water partition coefficient (Wildman–Crippen LogP) is 5.36. The van der Waals surface area contributed by atoms with E-state index in [9.17, 15) is 18.0 Å². The number of hydrogen-bond acceptors (Lipinski definition) is 4. The van der Waals surface area contributed by atoms with Gasteiger partial charge in [-0.15, -0.1) is 0 Å². The zero-order valence-electron chi connectivity index (χ0n) is 21.7. The molecule has 7 nitrogen and oxygen atoms in total.